The van der Waals surface area contributed by atoms with Crippen LogP contribution in [0.4, 0.5) is 0 Å². The van der Waals surface area contributed by atoms with Crippen LogP contribution in [0.1, 0.15) is 16.1 Å². The summed E-state index contributed by atoms with van der Waals surface area (Å²) in [6.07, 6.45) is 3.73. The first-order chi connectivity index (χ1) is 8.75. The first kappa shape index (κ1) is 11.2. The van der Waals surface area contributed by atoms with Crippen molar-refractivity contribution >= 4 is 11.6 Å². The average Bonchev–Trinajstić information content (AvgIpc) is 2.84. The van der Waals surface area contributed by atoms with Gasteiger partial charge in [0.1, 0.15) is 11.3 Å². The summed E-state index contributed by atoms with van der Waals surface area (Å²) >= 11 is 0. The molecule has 0 unspecified atom stereocenters. The van der Waals surface area contributed by atoms with Gasteiger partial charge in [0.2, 0.25) is 0 Å². The smallest absolute Gasteiger partial charge is 0.274 e. The molecule has 5 heteroatoms. The van der Waals surface area contributed by atoms with Gasteiger partial charge < -0.3 is 14.6 Å². The highest BCUT2D eigenvalue weighted by atomic mass is 16.2. The number of hydrogen-bond donors (Lipinski definition) is 1. The molecule has 3 rings (SSSR count). The Kier molecular flexibility index (Phi) is 2.76. The summed E-state index contributed by atoms with van der Waals surface area (Å²) in [7, 11) is 0. The first-order valence-electron chi connectivity index (χ1n) is 6.20. The summed E-state index contributed by atoms with van der Waals surface area (Å²) in [5.41, 5.74) is 2.47. The van der Waals surface area contributed by atoms with Gasteiger partial charge in [-0.25, -0.2) is 4.98 Å². The fourth-order valence-electron chi connectivity index (χ4n) is 2.29. The van der Waals surface area contributed by atoms with E-state index in [4.69, 9.17) is 0 Å². The minimum atomic E-state index is 0.0274. The van der Waals surface area contributed by atoms with Crippen molar-refractivity contribution in [1.82, 2.24) is 19.6 Å². The Morgan fingerprint density at radius 1 is 1.39 bits per heavy atom. The van der Waals surface area contributed by atoms with E-state index in [1.54, 1.807) is 0 Å². The standard InChI is InChI=1S/C13H16N4O/c1-10-3-2-6-17-9-11(15-12(10)17)13(18)16-7-4-14-5-8-16/h2-3,6,9,14H,4-5,7-8H2,1H3. The monoisotopic (exact) mass is 244 g/mol. The molecular weight excluding hydrogens is 228 g/mol. The predicted octanol–water partition coefficient (Wildman–Crippen LogP) is 0.688. The van der Waals surface area contributed by atoms with Crippen molar-refractivity contribution in [3.63, 3.8) is 0 Å². The Balaban J connectivity index is 1.94. The number of amides is 1. The van der Waals surface area contributed by atoms with Gasteiger partial charge in [-0.1, -0.05) is 6.07 Å². The molecule has 0 radical (unpaired) electrons. The SMILES string of the molecule is Cc1cccn2cc(C(=O)N3CCNCC3)nc12. The van der Waals surface area contributed by atoms with E-state index in [1.807, 2.05) is 40.8 Å². The van der Waals surface area contributed by atoms with Gasteiger partial charge in [-0.3, -0.25) is 4.79 Å². The summed E-state index contributed by atoms with van der Waals surface area (Å²) in [6.45, 7) is 5.23. The Bertz CT molecular complexity index is 584. The molecule has 1 aliphatic rings. The van der Waals surface area contributed by atoms with Crippen LogP contribution in [0.5, 0.6) is 0 Å². The van der Waals surface area contributed by atoms with Crippen LogP contribution in [-0.4, -0.2) is 46.4 Å². The van der Waals surface area contributed by atoms with Crippen molar-refractivity contribution in [2.24, 2.45) is 0 Å². The molecule has 0 bridgehead atoms. The first-order valence-corrected chi connectivity index (χ1v) is 6.20. The molecule has 0 spiro atoms. The molecule has 1 saturated heterocycles. The van der Waals surface area contributed by atoms with Crippen molar-refractivity contribution in [2.45, 2.75) is 6.92 Å². The molecule has 94 valence electrons. The summed E-state index contributed by atoms with van der Waals surface area (Å²) < 4.78 is 1.91. The third-order valence-electron chi connectivity index (χ3n) is 3.30. The van der Waals surface area contributed by atoms with Gasteiger partial charge in [0.25, 0.3) is 5.91 Å². The molecule has 5 nitrogen and oxygen atoms in total. The third-order valence-corrected chi connectivity index (χ3v) is 3.30. The molecule has 0 atom stereocenters. The number of nitrogens with zero attached hydrogens (tertiary/aromatic N) is 3. The van der Waals surface area contributed by atoms with Gasteiger partial charge in [0.05, 0.1) is 0 Å². The van der Waals surface area contributed by atoms with Gasteiger partial charge in [-0.05, 0) is 18.6 Å². The number of imidazole rings is 1. The molecule has 18 heavy (non-hydrogen) atoms. The highest BCUT2D eigenvalue weighted by molar-refractivity contribution is 5.93. The maximum Gasteiger partial charge on any atom is 0.274 e. The molecule has 2 aromatic heterocycles. The van der Waals surface area contributed by atoms with Crippen molar-refractivity contribution in [3.05, 3.63) is 35.8 Å². The average molecular weight is 244 g/mol. The molecule has 3 heterocycles. The van der Waals surface area contributed by atoms with Crippen LogP contribution in [0.2, 0.25) is 0 Å². The number of aryl methyl sites for hydroxylation is 1. The zero-order chi connectivity index (χ0) is 12.5. The Hall–Kier alpha value is -1.88. The van der Waals surface area contributed by atoms with Crippen LogP contribution in [-0.2, 0) is 0 Å². The fraction of sp³-hybridized carbons (Fsp3) is 0.385. The molecule has 1 amide bonds. The molecule has 1 fully saturated rings. The van der Waals surface area contributed by atoms with Gasteiger partial charge in [-0.15, -0.1) is 0 Å². The lowest BCUT2D eigenvalue weighted by Gasteiger charge is -2.26. The Morgan fingerprint density at radius 3 is 2.89 bits per heavy atom. The zero-order valence-electron chi connectivity index (χ0n) is 10.4. The number of hydrogen-bond acceptors (Lipinski definition) is 3. The van der Waals surface area contributed by atoms with Gasteiger partial charge in [0, 0.05) is 38.6 Å². The Morgan fingerprint density at radius 2 is 2.17 bits per heavy atom. The number of rotatable bonds is 1. The lowest BCUT2D eigenvalue weighted by Crippen LogP contribution is -2.46. The number of fused-ring (bicyclic) bond motifs is 1. The number of carbonyl (C=O) groups excluding carboxylic acids is 1. The minimum Gasteiger partial charge on any atom is -0.335 e. The molecule has 0 aliphatic carbocycles. The highest BCUT2D eigenvalue weighted by Crippen LogP contribution is 2.11. The third kappa shape index (κ3) is 1.86. The quantitative estimate of drug-likeness (QED) is 0.803. The second kappa shape index (κ2) is 4.42. The van der Waals surface area contributed by atoms with E-state index < -0.39 is 0 Å². The highest BCUT2D eigenvalue weighted by Gasteiger charge is 2.20. The van der Waals surface area contributed by atoms with Gasteiger partial charge in [0.15, 0.2) is 0 Å². The van der Waals surface area contributed by atoms with Gasteiger partial charge >= 0.3 is 0 Å². The van der Waals surface area contributed by atoms with Crippen LogP contribution in [0, 0.1) is 6.92 Å². The van der Waals surface area contributed by atoms with Crippen molar-refractivity contribution < 1.29 is 4.79 Å². The lowest BCUT2D eigenvalue weighted by atomic mass is 10.3. The topological polar surface area (TPSA) is 49.6 Å². The maximum atomic E-state index is 12.3. The second-order valence-corrected chi connectivity index (χ2v) is 4.59. The number of carbonyl (C=O) groups is 1. The second-order valence-electron chi connectivity index (χ2n) is 4.59. The fourth-order valence-corrected chi connectivity index (χ4v) is 2.29. The van der Waals surface area contributed by atoms with E-state index in [9.17, 15) is 4.79 Å². The number of nitrogens with one attached hydrogen (secondary N) is 1. The minimum absolute atomic E-state index is 0.0274. The summed E-state index contributed by atoms with van der Waals surface area (Å²) in [4.78, 5) is 18.6. The zero-order valence-corrected chi connectivity index (χ0v) is 10.4. The molecule has 1 aliphatic heterocycles. The van der Waals surface area contributed by atoms with E-state index in [2.05, 4.69) is 10.3 Å². The predicted molar refractivity (Wildman–Crippen MR) is 68.7 cm³/mol. The Labute approximate surface area is 105 Å². The summed E-state index contributed by atoms with van der Waals surface area (Å²) in [6, 6.07) is 3.96. The van der Waals surface area contributed by atoms with Crippen LogP contribution < -0.4 is 5.32 Å². The van der Waals surface area contributed by atoms with Crippen LogP contribution in [0.25, 0.3) is 5.65 Å². The summed E-state index contributed by atoms with van der Waals surface area (Å²) in [5.74, 6) is 0.0274. The van der Waals surface area contributed by atoms with Crippen LogP contribution in [0.15, 0.2) is 24.5 Å². The molecule has 0 saturated carbocycles. The van der Waals surface area contributed by atoms with E-state index >= 15 is 0 Å². The largest absolute Gasteiger partial charge is 0.335 e. The van der Waals surface area contributed by atoms with E-state index in [0.29, 0.717) is 5.69 Å². The van der Waals surface area contributed by atoms with E-state index in [-0.39, 0.29) is 5.91 Å². The number of pyridine rings is 1. The van der Waals surface area contributed by atoms with Crippen molar-refractivity contribution in [1.29, 1.82) is 0 Å². The lowest BCUT2D eigenvalue weighted by molar-refractivity contribution is 0.0730. The maximum absolute atomic E-state index is 12.3. The molecule has 0 aromatic carbocycles. The number of piperazine rings is 1. The molecule has 1 N–H and O–H groups in total. The van der Waals surface area contributed by atoms with E-state index in [1.165, 1.54) is 0 Å². The van der Waals surface area contributed by atoms with E-state index in [0.717, 1.165) is 37.4 Å². The number of aromatic nitrogens is 2. The van der Waals surface area contributed by atoms with Crippen LogP contribution in [0.3, 0.4) is 0 Å². The molecule has 2 aromatic rings. The van der Waals surface area contributed by atoms with Crippen molar-refractivity contribution in [2.75, 3.05) is 26.2 Å². The van der Waals surface area contributed by atoms with Crippen molar-refractivity contribution in [3.8, 4) is 0 Å². The van der Waals surface area contributed by atoms with Gasteiger partial charge in [-0.2, -0.15) is 0 Å². The normalized spacial score (nSPS) is 16.2. The van der Waals surface area contributed by atoms with Crippen LogP contribution >= 0.6 is 0 Å². The summed E-state index contributed by atoms with van der Waals surface area (Å²) in [5, 5.41) is 3.24. The molecular formula is C13H16N4O.